The molecule has 0 saturated heterocycles. The van der Waals surface area contributed by atoms with Gasteiger partial charge in [-0.15, -0.1) is 0 Å². The number of nitrogens with one attached hydrogen (secondary N) is 2. The second-order valence-corrected chi connectivity index (χ2v) is 6.47. The molecule has 0 radical (unpaired) electrons. The first-order valence-electron chi connectivity index (χ1n) is 6.07. The molecule has 2 N–H and O–H groups in total. The zero-order chi connectivity index (χ0) is 12.5. The monoisotopic (exact) mass is 257 g/mol. The minimum absolute atomic E-state index is 0.0726. The number of imidazole rings is 1. The van der Waals surface area contributed by atoms with Crippen molar-refractivity contribution >= 4 is 10.0 Å². The molecule has 1 heterocycles. The number of rotatable bonds is 4. The van der Waals surface area contributed by atoms with E-state index >= 15 is 0 Å². The average Bonchev–Trinajstić information content (AvgIpc) is 2.86. The van der Waals surface area contributed by atoms with Crippen LogP contribution in [-0.4, -0.2) is 24.4 Å². The molecule has 1 aliphatic rings. The highest BCUT2D eigenvalue weighted by molar-refractivity contribution is 7.89. The van der Waals surface area contributed by atoms with Gasteiger partial charge in [-0.25, -0.2) is 18.1 Å². The maximum Gasteiger partial charge on any atom is 0.257 e. The van der Waals surface area contributed by atoms with E-state index in [0.29, 0.717) is 18.2 Å². The summed E-state index contributed by atoms with van der Waals surface area (Å²) in [5.41, 5.74) is 0. The van der Waals surface area contributed by atoms with E-state index in [1.807, 2.05) is 6.92 Å². The molecule has 0 aliphatic heterocycles. The quantitative estimate of drug-likeness (QED) is 0.857. The third kappa shape index (κ3) is 2.87. The Morgan fingerprint density at radius 1 is 1.53 bits per heavy atom. The fourth-order valence-corrected chi connectivity index (χ4v) is 3.48. The van der Waals surface area contributed by atoms with Gasteiger partial charge in [0.15, 0.2) is 5.03 Å². The SMILES string of the molecule is CCc1ncc(S(=O)(=O)NC2CCC(C)C2)[nH]1. The smallest absolute Gasteiger partial charge is 0.257 e. The summed E-state index contributed by atoms with van der Waals surface area (Å²) in [5, 5.41) is 0.175. The second-order valence-electron chi connectivity index (χ2n) is 4.78. The first-order chi connectivity index (χ1) is 8.01. The molecule has 1 fully saturated rings. The van der Waals surface area contributed by atoms with E-state index in [-0.39, 0.29) is 11.1 Å². The first-order valence-corrected chi connectivity index (χ1v) is 7.55. The van der Waals surface area contributed by atoms with Crippen LogP contribution in [0.4, 0.5) is 0 Å². The van der Waals surface area contributed by atoms with Gasteiger partial charge in [-0.1, -0.05) is 13.8 Å². The number of aromatic nitrogens is 2. The number of aromatic amines is 1. The predicted octanol–water partition coefficient (Wildman–Crippen LogP) is 1.44. The van der Waals surface area contributed by atoms with Crippen molar-refractivity contribution in [1.29, 1.82) is 0 Å². The van der Waals surface area contributed by atoms with Gasteiger partial charge >= 0.3 is 0 Å². The number of hydrogen-bond donors (Lipinski definition) is 2. The standard InChI is InChI=1S/C11H19N3O2S/c1-3-10-12-7-11(13-10)17(15,16)14-9-5-4-8(2)6-9/h7-9,14H,3-6H2,1-2H3,(H,12,13). The molecule has 0 amide bonds. The van der Waals surface area contributed by atoms with Crippen LogP contribution in [0.5, 0.6) is 0 Å². The summed E-state index contributed by atoms with van der Waals surface area (Å²) in [6.07, 6.45) is 5.04. The maximum absolute atomic E-state index is 12.0. The number of H-pyrrole nitrogens is 1. The number of aryl methyl sites for hydroxylation is 1. The predicted molar refractivity (Wildman–Crippen MR) is 65.1 cm³/mol. The van der Waals surface area contributed by atoms with Crippen LogP contribution < -0.4 is 4.72 Å². The lowest BCUT2D eigenvalue weighted by atomic mass is 10.1. The van der Waals surface area contributed by atoms with Crippen molar-refractivity contribution in [1.82, 2.24) is 14.7 Å². The Kier molecular flexibility index (Phi) is 3.53. The summed E-state index contributed by atoms with van der Waals surface area (Å²) in [5.74, 6) is 1.31. The summed E-state index contributed by atoms with van der Waals surface area (Å²) in [7, 11) is -3.42. The molecule has 2 unspecified atom stereocenters. The van der Waals surface area contributed by atoms with Gasteiger partial charge in [0, 0.05) is 12.5 Å². The molecule has 6 heteroatoms. The highest BCUT2D eigenvalue weighted by Gasteiger charge is 2.27. The van der Waals surface area contributed by atoms with Crippen LogP contribution in [0.15, 0.2) is 11.2 Å². The zero-order valence-corrected chi connectivity index (χ0v) is 11.0. The van der Waals surface area contributed by atoms with Gasteiger partial charge in [-0.3, -0.25) is 0 Å². The van der Waals surface area contributed by atoms with Gasteiger partial charge in [0.2, 0.25) is 0 Å². The summed E-state index contributed by atoms with van der Waals surface area (Å²) in [6, 6.07) is 0.0726. The number of nitrogens with zero attached hydrogens (tertiary/aromatic N) is 1. The minimum atomic E-state index is -3.42. The second kappa shape index (κ2) is 4.78. The molecular formula is C11H19N3O2S. The van der Waals surface area contributed by atoms with Crippen LogP contribution in [0.2, 0.25) is 0 Å². The van der Waals surface area contributed by atoms with E-state index in [4.69, 9.17) is 0 Å². The number of sulfonamides is 1. The molecule has 0 aromatic carbocycles. The summed E-state index contributed by atoms with van der Waals surface area (Å²) in [6.45, 7) is 4.08. The van der Waals surface area contributed by atoms with Crippen molar-refractivity contribution in [3.63, 3.8) is 0 Å². The van der Waals surface area contributed by atoms with E-state index in [1.54, 1.807) is 0 Å². The Morgan fingerprint density at radius 2 is 2.29 bits per heavy atom. The lowest BCUT2D eigenvalue weighted by Crippen LogP contribution is -2.33. The molecule has 1 saturated carbocycles. The molecule has 96 valence electrons. The Labute approximate surface area is 102 Å². The highest BCUT2D eigenvalue weighted by atomic mass is 32.2. The van der Waals surface area contributed by atoms with Gasteiger partial charge in [0.25, 0.3) is 10.0 Å². The van der Waals surface area contributed by atoms with Gasteiger partial charge in [-0.05, 0) is 25.2 Å². The molecule has 17 heavy (non-hydrogen) atoms. The molecule has 1 aromatic rings. The Balaban J connectivity index is 2.08. The summed E-state index contributed by atoms with van der Waals surface area (Å²) < 4.78 is 26.8. The fraction of sp³-hybridized carbons (Fsp3) is 0.727. The average molecular weight is 257 g/mol. The third-order valence-corrected chi connectivity index (χ3v) is 4.68. The largest absolute Gasteiger partial charge is 0.332 e. The Bertz CT molecular complexity index is 481. The zero-order valence-electron chi connectivity index (χ0n) is 10.2. The molecule has 1 aliphatic carbocycles. The van der Waals surface area contributed by atoms with Crippen molar-refractivity contribution in [3.05, 3.63) is 12.0 Å². The summed E-state index contributed by atoms with van der Waals surface area (Å²) >= 11 is 0. The van der Waals surface area contributed by atoms with Crippen LogP contribution in [0, 0.1) is 5.92 Å². The topological polar surface area (TPSA) is 74.8 Å². The van der Waals surface area contributed by atoms with Gasteiger partial charge < -0.3 is 4.98 Å². The van der Waals surface area contributed by atoms with Gasteiger partial charge in [0.05, 0.1) is 6.20 Å². The molecule has 5 nitrogen and oxygen atoms in total. The van der Waals surface area contributed by atoms with Crippen LogP contribution in [0.1, 0.15) is 38.9 Å². The van der Waals surface area contributed by atoms with E-state index in [0.717, 1.165) is 19.3 Å². The molecule has 2 atom stereocenters. The van der Waals surface area contributed by atoms with E-state index < -0.39 is 10.0 Å². The van der Waals surface area contributed by atoms with Crippen molar-refractivity contribution in [2.75, 3.05) is 0 Å². The Hall–Kier alpha value is -0.880. The van der Waals surface area contributed by atoms with Crippen molar-refractivity contribution in [2.45, 2.75) is 50.6 Å². The molecule has 0 bridgehead atoms. The molecule has 0 spiro atoms. The Morgan fingerprint density at radius 3 is 2.82 bits per heavy atom. The van der Waals surface area contributed by atoms with E-state index in [1.165, 1.54) is 6.20 Å². The van der Waals surface area contributed by atoms with Crippen LogP contribution in [0.3, 0.4) is 0 Å². The minimum Gasteiger partial charge on any atom is -0.332 e. The number of hydrogen-bond acceptors (Lipinski definition) is 3. The molecular weight excluding hydrogens is 238 g/mol. The van der Waals surface area contributed by atoms with Crippen LogP contribution in [-0.2, 0) is 16.4 Å². The van der Waals surface area contributed by atoms with Gasteiger partial charge in [-0.2, -0.15) is 0 Å². The van der Waals surface area contributed by atoms with Crippen LogP contribution in [0.25, 0.3) is 0 Å². The van der Waals surface area contributed by atoms with E-state index in [9.17, 15) is 8.42 Å². The first kappa shape index (κ1) is 12.6. The maximum atomic E-state index is 12.0. The lowest BCUT2D eigenvalue weighted by Gasteiger charge is -2.11. The molecule has 1 aromatic heterocycles. The van der Waals surface area contributed by atoms with Crippen molar-refractivity contribution in [3.8, 4) is 0 Å². The lowest BCUT2D eigenvalue weighted by molar-refractivity contribution is 0.536. The van der Waals surface area contributed by atoms with E-state index in [2.05, 4.69) is 21.6 Å². The van der Waals surface area contributed by atoms with Crippen molar-refractivity contribution in [2.24, 2.45) is 5.92 Å². The highest BCUT2D eigenvalue weighted by Crippen LogP contribution is 2.25. The third-order valence-electron chi connectivity index (χ3n) is 3.25. The van der Waals surface area contributed by atoms with Crippen molar-refractivity contribution < 1.29 is 8.42 Å². The summed E-state index contributed by atoms with van der Waals surface area (Å²) in [4.78, 5) is 6.84. The van der Waals surface area contributed by atoms with Gasteiger partial charge in [0.1, 0.15) is 5.82 Å². The normalized spacial score (nSPS) is 25.3. The van der Waals surface area contributed by atoms with Crippen LogP contribution >= 0.6 is 0 Å². The fourth-order valence-electron chi connectivity index (χ4n) is 2.26. The molecule has 2 rings (SSSR count).